The van der Waals surface area contributed by atoms with Crippen LogP contribution in [0, 0.1) is 0 Å². The van der Waals surface area contributed by atoms with Crippen LogP contribution in [0.25, 0.3) is 0 Å². The van der Waals surface area contributed by atoms with Crippen LogP contribution < -0.4 is 4.74 Å². The maximum absolute atomic E-state index is 9.51. The molecule has 22 heavy (non-hydrogen) atoms. The van der Waals surface area contributed by atoms with Gasteiger partial charge >= 0.3 is 0 Å². The minimum Gasteiger partial charge on any atom is -0.492 e. The normalized spacial score (nSPS) is 19.9. The van der Waals surface area contributed by atoms with Gasteiger partial charge in [0, 0.05) is 13.1 Å². The summed E-state index contributed by atoms with van der Waals surface area (Å²) in [6.45, 7) is 4.04. The summed E-state index contributed by atoms with van der Waals surface area (Å²) in [6, 6.07) is 6.47. The van der Waals surface area contributed by atoms with Gasteiger partial charge in [-0.3, -0.25) is 0 Å². The Morgan fingerprint density at radius 1 is 1.23 bits per heavy atom. The Labute approximate surface area is 138 Å². The fourth-order valence-electron chi connectivity index (χ4n) is 3.24. The van der Waals surface area contributed by atoms with Crippen molar-refractivity contribution in [2.24, 2.45) is 0 Å². The minimum absolute atomic E-state index is 0.0682. The lowest BCUT2D eigenvalue weighted by Gasteiger charge is -2.29. The highest BCUT2D eigenvalue weighted by Crippen LogP contribution is 2.37. The van der Waals surface area contributed by atoms with Gasteiger partial charge in [0.05, 0.1) is 17.6 Å². The molecule has 4 heteroatoms. The molecule has 0 aliphatic carbocycles. The standard InChI is InChI=1S/C18H27NO2S/c20-16-8-11-19(12-9-16)10-1-2-13-21-17-7-3-5-15-6-4-14-22-18(15)17/h3,5,7,16,20H,1-2,4,6,8-14H2. The van der Waals surface area contributed by atoms with E-state index in [1.807, 2.05) is 11.8 Å². The number of hydrogen-bond acceptors (Lipinski definition) is 4. The number of ether oxygens (including phenoxy) is 1. The number of aliphatic hydroxyl groups excluding tert-OH is 1. The van der Waals surface area contributed by atoms with Gasteiger partial charge in [-0.25, -0.2) is 0 Å². The maximum Gasteiger partial charge on any atom is 0.133 e. The summed E-state index contributed by atoms with van der Waals surface area (Å²) in [7, 11) is 0. The van der Waals surface area contributed by atoms with E-state index < -0.39 is 0 Å². The highest BCUT2D eigenvalue weighted by atomic mass is 32.2. The third-order valence-corrected chi connectivity index (χ3v) is 5.83. The van der Waals surface area contributed by atoms with E-state index in [0.717, 1.165) is 51.3 Å². The first-order valence-corrected chi connectivity index (χ1v) is 9.59. The molecule has 0 bridgehead atoms. The zero-order chi connectivity index (χ0) is 15.2. The highest BCUT2D eigenvalue weighted by molar-refractivity contribution is 7.99. The molecule has 1 aromatic rings. The summed E-state index contributed by atoms with van der Waals surface area (Å²) in [5, 5.41) is 9.51. The van der Waals surface area contributed by atoms with Gasteiger partial charge in [0.1, 0.15) is 5.75 Å². The van der Waals surface area contributed by atoms with Crippen molar-refractivity contribution in [1.82, 2.24) is 4.90 Å². The smallest absolute Gasteiger partial charge is 0.133 e. The van der Waals surface area contributed by atoms with Crippen molar-refractivity contribution in [3.8, 4) is 5.75 Å². The maximum atomic E-state index is 9.51. The van der Waals surface area contributed by atoms with Crippen LogP contribution >= 0.6 is 11.8 Å². The SMILES string of the molecule is OC1CCN(CCCCOc2cccc3c2SCCC3)CC1. The monoisotopic (exact) mass is 321 g/mol. The number of rotatable bonds is 6. The van der Waals surface area contributed by atoms with Crippen LogP contribution in [0.4, 0.5) is 0 Å². The number of aryl methyl sites for hydroxylation is 1. The number of nitrogens with zero attached hydrogens (tertiary/aromatic N) is 1. The van der Waals surface area contributed by atoms with E-state index in [9.17, 15) is 5.11 Å². The van der Waals surface area contributed by atoms with E-state index in [-0.39, 0.29) is 6.10 Å². The zero-order valence-electron chi connectivity index (χ0n) is 13.3. The van der Waals surface area contributed by atoms with Gasteiger partial charge in [0.2, 0.25) is 0 Å². The van der Waals surface area contributed by atoms with Crippen LogP contribution in [0.1, 0.15) is 37.7 Å². The molecule has 1 N–H and O–H groups in total. The molecule has 3 nitrogen and oxygen atoms in total. The number of fused-ring (bicyclic) bond motifs is 1. The van der Waals surface area contributed by atoms with Gasteiger partial charge in [0.15, 0.2) is 0 Å². The van der Waals surface area contributed by atoms with Gasteiger partial charge in [0.25, 0.3) is 0 Å². The van der Waals surface area contributed by atoms with Gasteiger partial charge in [-0.15, -0.1) is 11.8 Å². The van der Waals surface area contributed by atoms with Crippen molar-refractivity contribution in [3.63, 3.8) is 0 Å². The molecule has 1 fully saturated rings. The molecule has 0 atom stereocenters. The molecule has 0 saturated carbocycles. The van der Waals surface area contributed by atoms with Crippen molar-refractivity contribution in [3.05, 3.63) is 23.8 Å². The molecule has 122 valence electrons. The van der Waals surface area contributed by atoms with Crippen LogP contribution in [0.3, 0.4) is 0 Å². The number of piperidine rings is 1. The first kappa shape index (κ1) is 16.2. The Kier molecular flexibility index (Phi) is 6.04. The highest BCUT2D eigenvalue weighted by Gasteiger charge is 2.16. The molecular weight excluding hydrogens is 294 g/mol. The number of likely N-dealkylation sites (tertiary alicyclic amines) is 1. The first-order chi connectivity index (χ1) is 10.8. The summed E-state index contributed by atoms with van der Waals surface area (Å²) in [4.78, 5) is 3.84. The topological polar surface area (TPSA) is 32.7 Å². The number of thioether (sulfide) groups is 1. The summed E-state index contributed by atoms with van der Waals surface area (Å²) < 4.78 is 6.03. The quantitative estimate of drug-likeness (QED) is 0.815. The second-order valence-corrected chi connectivity index (χ2v) is 7.43. The lowest BCUT2D eigenvalue weighted by atomic mass is 10.1. The van der Waals surface area contributed by atoms with E-state index in [1.54, 1.807) is 0 Å². The third kappa shape index (κ3) is 4.40. The van der Waals surface area contributed by atoms with E-state index >= 15 is 0 Å². The van der Waals surface area contributed by atoms with Gasteiger partial charge < -0.3 is 14.7 Å². The number of hydrogen-bond donors (Lipinski definition) is 1. The molecule has 0 unspecified atom stereocenters. The largest absolute Gasteiger partial charge is 0.492 e. The lowest BCUT2D eigenvalue weighted by Crippen LogP contribution is -2.36. The molecule has 0 radical (unpaired) electrons. The average molecular weight is 321 g/mol. The summed E-state index contributed by atoms with van der Waals surface area (Å²) in [6.07, 6.45) is 6.56. The first-order valence-electron chi connectivity index (χ1n) is 8.61. The number of benzene rings is 1. The van der Waals surface area contributed by atoms with Crippen LogP contribution in [0.5, 0.6) is 5.75 Å². The Morgan fingerprint density at radius 2 is 2.09 bits per heavy atom. The molecule has 2 heterocycles. The van der Waals surface area contributed by atoms with Crippen molar-refractivity contribution < 1.29 is 9.84 Å². The summed E-state index contributed by atoms with van der Waals surface area (Å²) in [5.41, 5.74) is 1.46. The molecule has 1 saturated heterocycles. The van der Waals surface area contributed by atoms with Crippen LogP contribution in [0.2, 0.25) is 0 Å². The number of unbranched alkanes of at least 4 members (excludes halogenated alkanes) is 1. The molecule has 0 spiro atoms. The van der Waals surface area contributed by atoms with Gasteiger partial charge in [-0.05, 0) is 62.5 Å². The van der Waals surface area contributed by atoms with E-state index in [0.29, 0.717) is 0 Å². The Hall–Kier alpha value is -0.710. The van der Waals surface area contributed by atoms with E-state index in [1.165, 1.54) is 35.5 Å². The molecule has 2 aliphatic rings. The van der Waals surface area contributed by atoms with E-state index in [2.05, 4.69) is 23.1 Å². The molecule has 3 rings (SSSR count). The van der Waals surface area contributed by atoms with Gasteiger partial charge in [-0.2, -0.15) is 0 Å². The van der Waals surface area contributed by atoms with Crippen molar-refractivity contribution in [2.75, 3.05) is 32.0 Å². The van der Waals surface area contributed by atoms with Crippen LogP contribution in [0.15, 0.2) is 23.1 Å². The van der Waals surface area contributed by atoms with E-state index in [4.69, 9.17) is 4.74 Å². The number of aliphatic hydroxyl groups is 1. The second-order valence-electron chi connectivity index (χ2n) is 6.32. The Bertz CT molecular complexity index is 472. The third-order valence-electron chi connectivity index (χ3n) is 4.58. The Morgan fingerprint density at radius 3 is 2.95 bits per heavy atom. The summed E-state index contributed by atoms with van der Waals surface area (Å²) >= 11 is 1.95. The summed E-state index contributed by atoms with van der Waals surface area (Å²) in [5.74, 6) is 2.30. The minimum atomic E-state index is -0.0682. The van der Waals surface area contributed by atoms with Gasteiger partial charge in [-0.1, -0.05) is 12.1 Å². The average Bonchev–Trinajstić information content (AvgIpc) is 2.56. The molecule has 0 amide bonds. The second kappa shape index (κ2) is 8.23. The molecular formula is C18H27NO2S. The molecule has 2 aliphatic heterocycles. The van der Waals surface area contributed by atoms with Crippen molar-refractivity contribution in [1.29, 1.82) is 0 Å². The molecule has 0 aromatic heterocycles. The lowest BCUT2D eigenvalue weighted by molar-refractivity contribution is 0.0812. The van der Waals surface area contributed by atoms with Crippen molar-refractivity contribution in [2.45, 2.75) is 49.5 Å². The zero-order valence-corrected chi connectivity index (χ0v) is 14.1. The predicted molar refractivity (Wildman–Crippen MR) is 91.9 cm³/mol. The fraction of sp³-hybridized carbons (Fsp3) is 0.667. The van der Waals surface area contributed by atoms with Crippen molar-refractivity contribution >= 4 is 11.8 Å². The fourth-order valence-corrected chi connectivity index (χ4v) is 4.35. The van der Waals surface area contributed by atoms with Crippen LogP contribution in [-0.2, 0) is 6.42 Å². The predicted octanol–water partition coefficient (Wildman–Crippen LogP) is 3.34. The van der Waals surface area contributed by atoms with Crippen LogP contribution in [-0.4, -0.2) is 48.1 Å². The molecule has 1 aromatic carbocycles. The Balaban J connectivity index is 1.37.